The molecular weight excluding hydrogens is 368 g/mol. The molecule has 0 bridgehead atoms. The van der Waals surface area contributed by atoms with Crippen molar-refractivity contribution in [2.45, 2.75) is 0 Å². The van der Waals surface area contributed by atoms with Gasteiger partial charge in [-0.15, -0.1) is 0 Å². The van der Waals surface area contributed by atoms with Crippen LogP contribution in [0, 0.1) is 0 Å². The molecule has 0 aromatic heterocycles. The number of para-hydroxylation sites is 1. The van der Waals surface area contributed by atoms with Crippen LogP contribution in [0.4, 0.5) is 5.69 Å². The van der Waals surface area contributed by atoms with Gasteiger partial charge in [-0.05, 0) is 42.6 Å². The summed E-state index contributed by atoms with van der Waals surface area (Å²) in [6, 6.07) is 12.7. The summed E-state index contributed by atoms with van der Waals surface area (Å²) in [6.07, 6.45) is 1.41. The second kappa shape index (κ2) is 7.38. The van der Waals surface area contributed by atoms with Crippen LogP contribution < -0.4 is 15.0 Å². The lowest BCUT2D eigenvalue weighted by atomic mass is 10.1. The number of rotatable bonds is 4. The number of carboxylic acid groups (broad SMARTS) is 1. The summed E-state index contributed by atoms with van der Waals surface area (Å²) >= 11 is 5.11. The summed E-state index contributed by atoms with van der Waals surface area (Å²) in [5.41, 5.74) is 0.644. The first-order chi connectivity index (χ1) is 12.9. The quantitative estimate of drug-likeness (QED) is 0.478. The molecule has 3 rings (SSSR count). The molecule has 2 amide bonds. The molecule has 7 nitrogen and oxygen atoms in total. The Morgan fingerprint density at radius 1 is 1.19 bits per heavy atom. The van der Waals surface area contributed by atoms with Crippen LogP contribution in [0.2, 0.25) is 0 Å². The van der Waals surface area contributed by atoms with E-state index in [0.717, 1.165) is 4.90 Å². The highest BCUT2D eigenvalue weighted by atomic mass is 32.1. The smallest absolute Gasteiger partial charge is 0.335 e. The van der Waals surface area contributed by atoms with Crippen LogP contribution in [-0.4, -0.2) is 35.1 Å². The van der Waals surface area contributed by atoms with Crippen molar-refractivity contribution in [3.63, 3.8) is 0 Å². The van der Waals surface area contributed by atoms with Gasteiger partial charge in [0.1, 0.15) is 11.3 Å². The normalized spacial score (nSPS) is 15.7. The van der Waals surface area contributed by atoms with E-state index in [1.54, 1.807) is 24.3 Å². The summed E-state index contributed by atoms with van der Waals surface area (Å²) in [5, 5.41) is 11.5. The van der Waals surface area contributed by atoms with Crippen LogP contribution in [0.5, 0.6) is 5.75 Å². The fraction of sp³-hybridized carbons (Fsp3) is 0.0526. The zero-order chi connectivity index (χ0) is 19.6. The van der Waals surface area contributed by atoms with Crippen molar-refractivity contribution in [3.8, 4) is 5.75 Å². The van der Waals surface area contributed by atoms with Crippen LogP contribution >= 0.6 is 12.2 Å². The number of anilines is 1. The molecule has 1 heterocycles. The zero-order valence-electron chi connectivity index (χ0n) is 14.1. The Hall–Kier alpha value is -3.52. The first kappa shape index (κ1) is 18.3. The third-order valence-electron chi connectivity index (χ3n) is 3.89. The van der Waals surface area contributed by atoms with Crippen molar-refractivity contribution in [1.82, 2.24) is 5.32 Å². The Morgan fingerprint density at radius 3 is 2.63 bits per heavy atom. The molecule has 2 aromatic rings. The van der Waals surface area contributed by atoms with Crippen LogP contribution in [-0.2, 0) is 9.59 Å². The zero-order valence-corrected chi connectivity index (χ0v) is 14.9. The molecule has 0 radical (unpaired) electrons. The number of carbonyl (C=O) groups excluding carboxylic acids is 2. The van der Waals surface area contributed by atoms with Gasteiger partial charge in [-0.3, -0.25) is 19.8 Å². The van der Waals surface area contributed by atoms with Gasteiger partial charge < -0.3 is 9.84 Å². The number of benzene rings is 2. The average molecular weight is 382 g/mol. The lowest BCUT2D eigenvalue weighted by molar-refractivity contribution is -0.122. The maximum absolute atomic E-state index is 13.0. The predicted molar refractivity (Wildman–Crippen MR) is 103 cm³/mol. The van der Waals surface area contributed by atoms with E-state index in [1.807, 2.05) is 0 Å². The third-order valence-corrected chi connectivity index (χ3v) is 4.18. The predicted octanol–water partition coefficient (Wildman–Crippen LogP) is 2.22. The van der Waals surface area contributed by atoms with Crippen LogP contribution in [0.15, 0.2) is 54.1 Å². The highest BCUT2D eigenvalue weighted by Gasteiger charge is 2.34. The molecule has 2 aromatic carbocycles. The minimum atomic E-state index is -1.14. The van der Waals surface area contributed by atoms with E-state index in [-0.39, 0.29) is 21.9 Å². The lowest BCUT2D eigenvalue weighted by Gasteiger charge is -2.29. The van der Waals surface area contributed by atoms with Crippen molar-refractivity contribution in [2.24, 2.45) is 0 Å². The first-order valence-corrected chi connectivity index (χ1v) is 8.21. The molecule has 2 N–H and O–H groups in total. The number of carbonyl (C=O) groups is 3. The highest BCUT2D eigenvalue weighted by Crippen LogP contribution is 2.25. The van der Waals surface area contributed by atoms with Crippen LogP contribution in [0.25, 0.3) is 6.08 Å². The molecular formula is C19H14N2O5S. The Bertz CT molecular complexity index is 999. The number of nitrogens with one attached hydrogen (secondary N) is 1. The van der Waals surface area contributed by atoms with E-state index in [2.05, 4.69) is 5.32 Å². The van der Waals surface area contributed by atoms with Gasteiger partial charge >= 0.3 is 5.97 Å². The number of hydrogen-bond donors (Lipinski definition) is 2. The van der Waals surface area contributed by atoms with Gasteiger partial charge in [0.2, 0.25) is 0 Å². The summed E-state index contributed by atoms with van der Waals surface area (Å²) in [7, 11) is 1.49. The number of hydrogen-bond acceptors (Lipinski definition) is 5. The number of methoxy groups -OCH3 is 1. The minimum absolute atomic E-state index is 0.00439. The number of ether oxygens (including phenoxy) is 1. The summed E-state index contributed by atoms with van der Waals surface area (Å²) < 4.78 is 5.24. The second-order valence-corrected chi connectivity index (χ2v) is 5.94. The topological polar surface area (TPSA) is 95.9 Å². The van der Waals surface area contributed by atoms with Gasteiger partial charge in [0.15, 0.2) is 5.11 Å². The standard InChI is InChI=1S/C19H14N2O5S/c1-26-15-8-3-2-5-11(15)10-14-16(22)20-19(27)21(17(14)23)13-7-4-6-12(9-13)18(24)25/h2-10H,1H3,(H,24,25)(H,20,22,27). The Kier molecular flexibility index (Phi) is 5.00. The summed E-state index contributed by atoms with van der Waals surface area (Å²) in [6.45, 7) is 0. The molecule has 0 atom stereocenters. The lowest BCUT2D eigenvalue weighted by Crippen LogP contribution is -2.54. The van der Waals surface area contributed by atoms with E-state index in [9.17, 15) is 14.4 Å². The van der Waals surface area contributed by atoms with Gasteiger partial charge in [-0.1, -0.05) is 24.3 Å². The van der Waals surface area contributed by atoms with Crippen LogP contribution in [0.3, 0.4) is 0 Å². The second-order valence-electron chi connectivity index (χ2n) is 5.56. The third kappa shape index (κ3) is 3.56. The molecule has 8 heteroatoms. The molecule has 27 heavy (non-hydrogen) atoms. The average Bonchev–Trinajstić information content (AvgIpc) is 2.65. The highest BCUT2D eigenvalue weighted by molar-refractivity contribution is 7.80. The van der Waals surface area contributed by atoms with E-state index < -0.39 is 17.8 Å². The maximum atomic E-state index is 13.0. The van der Waals surface area contributed by atoms with Gasteiger partial charge in [-0.2, -0.15) is 0 Å². The molecule has 0 saturated carbocycles. The molecule has 0 aliphatic carbocycles. The largest absolute Gasteiger partial charge is 0.496 e. The van der Waals surface area contributed by atoms with Gasteiger partial charge in [0.25, 0.3) is 11.8 Å². The van der Waals surface area contributed by atoms with Gasteiger partial charge in [0, 0.05) is 5.56 Å². The Labute approximate surface area is 159 Å². The molecule has 0 unspecified atom stereocenters. The molecule has 1 aliphatic heterocycles. The van der Waals surface area contributed by atoms with Crippen molar-refractivity contribution in [1.29, 1.82) is 0 Å². The van der Waals surface area contributed by atoms with E-state index in [4.69, 9.17) is 22.1 Å². The Morgan fingerprint density at radius 2 is 1.93 bits per heavy atom. The summed E-state index contributed by atoms with van der Waals surface area (Å²) in [5.74, 6) is -1.93. The number of amides is 2. The fourth-order valence-corrected chi connectivity index (χ4v) is 2.89. The van der Waals surface area contributed by atoms with E-state index in [1.165, 1.54) is 37.5 Å². The number of thiocarbonyl (C=S) groups is 1. The number of nitrogens with zero attached hydrogens (tertiary/aromatic N) is 1. The minimum Gasteiger partial charge on any atom is -0.496 e. The SMILES string of the molecule is COc1ccccc1C=C1C(=O)NC(=S)N(c2cccc(C(=O)O)c2)C1=O. The molecule has 1 saturated heterocycles. The van der Waals surface area contributed by atoms with Gasteiger partial charge in [-0.25, -0.2) is 4.79 Å². The van der Waals surface area contributed by atoms with E-state index >= 15 is 0 Å². The molecule has 1 fully saturated rings. The van der Waals surface area contributed by atoms with Crippen molar-refractivity contribution >= 4 is 46.9 Å². The van der Waals surface area contributed by atoms with E-state index in [0.29, 0.717) is 11.3 Å². The maximum Gasteiger partial charge on any atom is 0.335 e. The summed E-state index contributed by atoms with van der Waals surface area (Å²) in [4.78, 5) is 37.6. The number of carboxylic acids is 1. The van der Waals surface area contributed by atoms with Crippen molar-refractivity contribution in [3.05, 3.63) is 65.2 Å². The van der Waals surface area contributed by atoms with Gasteiger partial charge in [0.05, 0.1) is 18.4 Å². The Balaban J connectivity index is 2.05. The van der Waals surface area contributed by atoms with Crippen LogP contribution in [0.1, 0.15) is 15.9 Å². The monoisotopic (exact) mass is 382 g/mol. The molecule has 1 aliphatic rings. The number of aromatic carboxylic acids is 1. The first-order valence-electron chi connectivity index (χ1n) is 7.80. The molecule has 136 valence electrons. The fourth-order valence-electron chi connectivity index (χ4n) is 2.61. The van der Waals surface area contributed by atoms with Crippen molar-refractivity contribution < 1.29 is 24.2 Å². The molecule has 0 spiro atoms. The van der Waals surface area contributed by atoms with Crippen molar-refractivity contribution in [2.75, 3.05) is 12.0 Å².